The minimum Gasteiger partial charge on any atom is -0.348 e. The van der Waals surface area contributed by atoms with Crippen molar-refractivity contribution in [3.63, 3.8) is 0 Å². The van der Waals surface area contributed by atoms with E-state index in [4.69, 9.17) is 0 Å². The average Bonchev–Trinajstić information content (AvgIpc) is 3.02. The first-order valence-electron chi connectivity index (χ1n) is 7.27. The molecule has 19 heavy (non-hydrogen) atoms. The maximum absolute atomic E-state index is 12.1. The first-order valence-corrected chi connectivity index (χ1v) is 7.27. The Morgan fingerprint density at radius 3 is 2.95 bits per heavy atom. The maximum Gasteiger partial charge on any atom is 0.220 e. The van der Waals surface area contributed by atoms with E-state index in [2.05, 4.69) is 15.3 Å². The first-order chi connectivity index (χ1) is 9.22. The number of fused-ring (bicyclic) bond motifs is 2. The van der Waals surface area contributed by atoms with Gasteiger partial charge in [-0.3, -0.25) is 14.8 Å². The third-order valence-corrected chi connectivity index (χ3v) is 4.74. The van der Waals surface area contributed by atoms with Gasteiger partial charge in [0.1, 0.15) is 0 Å². The molecule has 0 saturated heterocycles. The Hall–Kier alpha value is -1.45. The van der Waals surface area contributed by atoms with Gasteiger partial charge in [-0.2, -0.15) is 0 Å². The number of nitrogens with one attached hydrogen (secondary N) is 1. The lowest BCUT2D eigenvalue weighted by Gasteiger charge is -2.22. The largest absolute Gasteiger partial charge is 0.348 e. The van der Waals surface area contributed by atoms with Crippen molar-refractivity contribution in [2.24, 2.45) is 17.8 Å². The summed E-state index contributed by atoms with van der Waals surface area (Å²) in [6.07, 6.45) is 11.0. The molecule has 2 bridgehead atoms. The highest BCUT2D eigenvalue weighted by Crippen LogP contribution is 2.49. The number of amides is 1. The Kier molecular flexibility index (Phi) is 3.49. The van der Waals surface area contributed by atoms with E-state index in [9.17, 15) is 4.79 Å². The molecular weight excluding hydrogens is 238 g/mol. The van der Waals surface area contributed by atoms with Crippen LogP contribution in [0.3, 0.4) is 0 Å². The highest BCUT2D eigenvalue weighted by Gasteiger charge is 2.40. The molecule has 1 heterocycles. The number of hydrogen-bond acceptors (Lipinski definition) is 3. The Bertz CT molecular complexity index is 448. The van der Waals surface area contributed by atoms with Crippen LogP contribution in [0, 0.1) is 17.8 Å². The molecule has 4 heteroatoms. The second kappa shape index (κ2) is 5.27. The molecule has 0 radical (unpaired) electrons. The van der Waals surface area contributed by atoms with Crippen LogP contribution in [-0.2, 0) is 4.79 Å². The molecular formula is C15H21N3O. The lowest BCUT2D eigenvalue weighted by atomic mass is 9.86. The Labute approximate surface area is 114 Å². The van der Waals surface area contributed by atoms with Gasteiger partial charge in [-0.05, 0) is 43.9 Å². The number of hydrogen-bond donors (Lipinski definition) is 1. The van der Waals surface area contributed by atoms with Crippen LogP contribution in [0.15, 0.2) is 18.6 Å². The summed E-state index contributed by atoms with van der Waals surface area (Å²) in [7, 11) is 0. The zero-order chi connectivity index (χ0) is 13.2. The van der Waals surface area contributed by atoms with Crippen molar-refractivity contribution in [2.45, 2.75) is 45.1 Å². The molecule has 0 aliphatic heterocycles. The van der Waals surface area contributed by atoms with Crippen molar-refractivity contribution in [3.05, 3.63) is 24.3 Å². The zero-order valence-electron chi connectivity index (χ0n) is 11.4. The fourth-order valence-corrected chi connectivity index (χ4v) is 3.77. The van der Waals surface area contributed by atoms with Crippen LogP contribution in [0.5, 0.6) is 0 Å². The summed E-state index contributed by atoms with van der Waals surface area (Å²) < 4.78 is 0. The standard InChI is InChI=1S/C15H21N3O/c1-10(14-9-16-4-5-17-14)18-15(19)8-13-7-11-2-3-12(13)6-11/h4-5,9-13H,2-3,6-8H2,1H3,(H,18,19)/t10-,11?,12?,13?/m0/s1. The molecule has 2 saturated carbocycles. The van der Waals surface area contributed by atoms with E-state index in [1.165, 1.54) is 25.7 Å². The molecule has 1 aromatic rings. The van der Waals surface area contributed by atoms with E-state index < -0.39 is 0 Å². The molecule has 4 atom stereocenters. The molecule has 3 unspecified atom stereocenters. The summed E-state index contributed by atoms with van der Waals surface area (Å²) >= 11 is 0. The smallest absolute Gasteiger partial charge is 0.220 e. The normalized spacial score (nSPS) is 30.3. The fourth-order valence-electron chi connectivity index (χ4n) is 3.77. The van der Waals surface area contributed by atoms with Gasteiger partial charge in [0, 0.05) is 18.8 Å². The highest BCUT2D eigenvalue weighted by molar-refractivity contribution is 5.76. The van der Waals surface area contributed by atoms with Gasteiger partial charge in [0.15, 0.2) is 0 Å². The molecule has 3 rings (SSSR count). The van der Waals surface area contributed by atoms with E-state index in [1.807, 2.05) is 6.92 Å². The van der Waals surface area contributed by atoms with Crippen LogP contribution in [0.4, 0.5) is 0 Å². The third-order valence-electron chi connectivity index (χ3n) is 4.74. The van der Waals surface area contributed by atoms with E-state index in [0.717, 1.165) is 17.5 Å². The lowest BCUT2D eigenvalue weighted by Crippen LogP contribution is -2.30. The number of aromatic nitrogens is 2. The second-order valence-electron chi connectivity index (χ2n) is 6.06. The van der Waals surface area contributed by atoms with E-state index in [1.54, 1.807) is 18.6 Å². The lowest BCUT2D eigenvalue weighted by molar-refractivity contribution is -0.123. The van der Waals surface area contributed by atoms with Crippen molar-refractivity contribution in [1.29, 1.82) is 0 Å². The number of nitrogens with zero attached hydrogens (tertiary/aromatic N) is 2. The molecule has 2 aliphatic rings. The highest BCUT2D eigenvalue weighted by atomic mass is 16.1. The molecule has 102 valence electrons. The van der Waals surface area contributed by atoms with Crippen molar-refractivity contribution < 1.29 is 4.79 Å². The van der Waals surface area contributed by atoms with Gasteiger partial charge in [0.2, 0.25) is 5.91 Å². The summed E-state index contributed by atoms with van der Waals surface area (Å²) in [5.74, 6) is 2.49. The number of rotatable bonds is 4. The van der Waals surface area contributed by atoms with E-state index in [0.29, 0.717) is 12.3 Å². The monoisotopic (exact) mass is 259 g/mol. The molecule has 2 aliphatic carbocycles. The average molecular weight is 259 g/mol. The minimum absolute atomic E-state index is 0.0557. The van der Waals surface area contributed by atoms with Crippen LogP contribution < -0.4 is 5.32 Å². The number of carbonyl (C=O) groups excluding carboxylic acids is 1. The maximum atomic E-state index is 12.1. The molecule has 1 N–H and O–H groups in total. The Balaban J connectivity index is 1.51. The zero-order valence-corrected chi connectivity index (χ0v) is 11.4. The summed E-state index contributed by atoms with van der Waals surface area (Å²) in [6, 6.07) is -0.0557. The predicted molar refractivity (Wildman–Crippen MR) is 72.1 cm³/mol. The first kappa shape index (κ1) is 12.6. The van der Waals surface area contributed by atoms with Crippen LogP contribution in [0.25, 0.3) is 0 Å². The van der Waals surface area contributed by atoms with Crippen molar-refractivity contribution in [2.75, 3.05) is 0 Å². The van der Waals surface area contributed by atoms with Crippen LogP contribution in [0.2, 0.25) is 0 Å². The van der Waals surface area contributed by atoms with Crippen LogP contribution in [-0.4, -0.2) is 15.9 Å². The Morgan fingerprint density at radius 2 is 2.32 bits per heavy atom. The summed E-state index contributed by atoms with van der Waals surface area (Å²) in [6.45, 7) is 1.96. The number of carbonyl (C=O) groups is 1. The van der Waals surface area contributed by atoms with Crippen LogP contribution >= 0.6 is 0 Å². The van der Waals surface area contributed by atoms with Crippen molar-refractivity contribution in [3.8, 4) is 0 Å². The van der Waals surface area contributed by atoms with Crippen molar-refractivity contribution >= 4 is 5.91 Å². The van der Waals surface area contributed by atoms with E-state index >= 15 is 0 Å². The topological polar surface area (TPSA) is 54.9 Å². The minimum atomic E-state index is -0.0557. The fraction of sp³-hybridized carbons (Fsp3) is 0.667. The van der Waals surface area contributed by atoms with Gasteiger partial charge in [0.25, 0.3) is 0 Å². The third kappa shape index (κ3) is 2.77. The molecule has 1 aromatic heterocycles. The summed E-state index contributed by atoms with van der Waals surface area (Å²) in [5, 5.41) is 3.04. The van der Waals surface area contributed by atoms with Crippen molar-refractivity contribution in [1.82, 2.24) is 15.3 Å². The molecule has 4 nitrogen and oxygen atoms in total. The summed E-state index contributed by atoms with van der Waals surface area (Å²) in [5.41, 5.74) is 0.823. The van der Waals surface area contributed by atoms with Gasteiger partial charge in [0.05, 0.1) is 17.9 Å². The van der Waals surface area contributed by atoms with Gasteiger partial charge in [-0.1, -0.05) is 6.42 Å². The molecule has 0 aromatic carbocycles. The summed E-state index contributed by atoms with van der Waals surface area (Å²) in [4.78, 5) is 20.4. The quantitative estimate of drug-likeness (QED) is 0.903. The predicted octanol–water partition coefficient (Wildman–Crippen LogP) is 2.48. The second-order valence-corrected chi connectivity index (χ2v) is 6.06. The SMILES string of the molecule is C[C@H](NC(=O)CC1CC2CCC1C2)c1cnccn1. The molecule has 2 fully saturated rings. The molecule has 1 amide bonds. The Morgan fingerprint density at radius 1 is 1.42 bits per heavy atom. The molecule has 0 spiro atoms. The van der Waals surface area contributed by atoms with Gasteiger partial charge < -0.3 is 5.32 Å². The van der Waals surface area contributed by atoms with E-state index in [-0.39, 0.29) is 11.9 Å². The van der Waals surface area contributed by atoms with Gasteiger partial charge in [-0.25, -0.2) is 0 Å². The van der Waals surface area contributed by atoms with Crippen LogP contribution in [0.1, 0.15) is 50.8 Å². The van der Waals surface area contributed by atoms with Gasteiger partial charge in [-0.15, -0.1) is 0 Å². The van der Waals surface area contributed by atoms with Gasteiger partial charge >= 0.3 is 0 Å².